The highest BCUT2D eigenvalue weighted by Crippen LogP contribution is 2.54. The van der Waals surface area contributed by atoms with Crippen LogP contribution in [-0.2, 0) is 0 Å². The highest BCUT2D eigenvalue weighted by molar-refractivity contribution is 14.1. The van der Waals surface area contributed by atoms with Crippen LogP contribution in [0, 0.1) is 0 Å². The van der Waals surface area contributed by atoms with Gasteiger partial charge in [-0.25, -0.2) is 0 Å². The summed E-state index contributed by atoms with van der Waals surface area (Å²) < 4.78 is 114. The molecule has 1 nitrogen and oxygen atoms in total. The Morgan fingerprint density at radius 1 is 0.958 bits per heavy atom. The number of allylic oxidation sites excluding steroid dienone is 1. The average molecular weight is 486 g/mol. The van der Waals surface area contributed by atoms with Gasteiger partial charge in [-0.15, -0.1) is 0 Å². The number of unbranched alkanes of at least 4 members (excludes halogenated alkanes) is 2. The molecule has 0 aromatic heterocycles. The van der Waals surface area contributed by atoms with Crippen molar-refractivity contribution in [2.75, 3.05) is 0 Å². The van der Waals surface area contributed by atoms with Crippen LogP contribution in [0.4, 0.5) is 39.5 Å². The van der Waals surface area contributed by atoms with Crippen molar-refractivity contribution in [3.8, 4) is 0 Å². The number of alkyl halides is 9. The second kappa shape index (κ2) is 8.45. The van der Waals surface area contributed by atoms with E-state index in [0.717, 1.165) is 35.1 Å². The summed E-state index contributed by atoms with van der Waals surface area (Å²) in [4.78, 5) is 0. The zero-order valence-corrected chi connectivity index (χ0v) is 14.6. The third kappa shape index (κ3) is 5.67. The van der Waals surface area contributed by atoms with Gasteiger partial charge in [0.1, 0.15) is 0 Å². The molecular formula is C13H16F9IO. The molecule has 1 atom stereocenters. The van der Waals surface area contributed by atoms with Crippen LogP contribution >= 0.6 is 22.6 Å². The van der Waals surface area contributed by atoms with E-state index in [1.807, 2.05) is 6.92 Å². The second-order valence-electron chi connectivity index (χ2n) is 5.20. The standard InChI is InChI=1S/C13H16F9IO/c1-2-3-4-5-9(24)6-8(23)7-10(14,15)11(16,17)12(18,19)13(20,21)22/h6,9,24H,2-5,7H2,1H3/b8-6-. The van der Waals surface area contributed by atoms with Gasteiger partial charge in [0.2, 0.25) is 0 Å². The van der Waals surface area contributed by atoms with Gasteiger partial charge in [-0.05, 0) is 38.7 Å². The maximum Gasteiger partial charge on any atom is 0.460 e. The van der Waals surface area contributed by atoms with E-state index in [-0.39, 0.29) is 6.42 Å². The lowest BCUT2D eigenvalue weighted by Gasteiger charge is -2.33. The van der Waals surface area contributed by atoms with E-state index in [4.69, 9.17) is 0 Å². The monoisotopic (exact) mass is 486 g/mol. The number of aliphatic hydroxyl groups is 1. The Morgan fingerprint density at radius 2 is 1.46 bits per heavy atom. The first-order valence-electron chi connectivity index (χ1n) is 6.84. The Bertz CT molecular complexity index is 432. The van der Waals surface area contributed by atoms with Crippen LogP contribution in [0.5, 0.6) is 0 Å². The minimum absolute atomic E-state index is 0.126. The molecule has 0 aliphatic carbocycles. The van der Waals surface area contributed by atoms with Crippen LogP contribution < -0.4 is 0 Å². The Labute approximate surface area is 146 Å². The average Bonchev–Trinajstić information content (AvgIpc) is 2.36. The first-order chi connectivity index (χ1) is 10.6. The molecule has 0 bridgehead atoms. The fourth-order valence-corrected chi connectivity index (χ4v) is 2.58. The molecule has 0 heterocycles. The number of rotatable bonds is 9. The lowest BCUT2D eigenvalue weighted by Crippen LogP contribution is -2.60. The molecule has 0 amide bonds. The number of hydrogen-bond donors (Lipinski definition) is 1. The van der Waals surface area contributed by atoms with Crippen molar-refractivity contribution in [1.82, 2.24) is 0 Å². The van der Waals surface area contributed by atoms with Crippen LogP contribution in [0.1, 0.15) is 39.0 Å². The van der Waals surface area contributed by atoms with Crippen LogP contribution in [-0.4, -0.2) is 35.2 Å². The maximum absolute atomic E-state index is 13.4. The van der Waals surface area contributed by atoms with Crippen LogP contribution in [0.2, 0.25) is 0 Å². The maximum atomic E-state index is 13.4. The molecule has 0 spiro atoms. The van der Waals surface area contributed by atoms with Gasteiger partial charge in [0, 0.05) is 6.42 Å². The summed E-state index contributed by atoms with van der Waals surface area (Å²) in [5, 5.41) is 9.49. The molecule has 0 radical (unpaired) electrons. The van der Waals surface area contributed by atoms with E-state index in [1.54, 1.807) is 0 Å². The zero-order chi connectivity index (χ0) is 19.4. The molecule has 0 saturated carbocycles. The lowest BCUT2D eigenvalue weighted by molar-refractivity contribution is -0.395. The first kappa shape index (κ1) is 23.8. The van der Waals surface area contributed by atoms with Gasteiger partial charge in [0.15, 0.2) is 0 Å². The molecule has 0 aromatic rings. The summed E-state index contributed by atoms with van der Waals surface area (Å²) in [5.41, 5.74) is 0. The van der Waals surface area contributed by atoms with Gasteiger partial charge in [0.25, 0.3) is 0 Å². The molecule has 0 fully saturated rings. The Balaban J connectivity index is 5.18. The summed E-state index contributed by atoms with van der Waals surface area (Å²) in [6, 6.07) is 0. The van der Waals surface area contributed by atoms with Crippen molar-refractivity contribution >= 4 is 22.6 Å². The van der Waals surface area contributed by atoms with E-state index < -0.39 is 40.0 Å². The van der Waals surface area contributed by atoms with E-state index in [2.05, 4.69) is 0 Å². The smallest absolute Gasteiger partial charge is 0.389 e. The van der Waals surface area contributed by atoms with E-state index >= 15 is 0 Å². The lowest BCUT2D eigenvalue weighted by atomic mass is 10.0. The SMILES string of the molecule is CCCCCC(O)/C=C(\I)CC(F)(F)C(F)(F)C(F)(F)C(F)(F)F. The van der Waals surface area contributed by atoms with Crippen molar-refractivity contribution in [1.29, 1.82) is 0 Å². The molecule has 1 N–H and O–H groups in total. The molecule has 24 heavy (non-hydrogen) atoms. The van der Waals surface area contributed by atoms with Gasteiger partial charge in [-0.2, -0.15) is 39.5 Å². The fourth-order valence-electron chi connectivity index (χ4n) is 1.69. The summed E-state index contributed by atoms with van der Waals surface area (Å²) in [7, 11) is 0. The minimum Gasteiger partial charge on any atom is -0.389 e. The summed E-state index contributed by atoms with van der Waals surface area (Å²) in [6.45, 7) is 1.86. The number of aliphatic hydroxyl groups excluding tert-OH is 1. The molecule has 0 aliphatic heterocycles. The van der Waals surface area contributed by atoms with Gasteiger partial charge in [-0.3, -0.25) is 0 Å². The predicted octanol–water partition coefficient (Wildman–Crippen LogP) is 6.10. The first-order valence-corrected chi connectivity index (χ1v) is 7.92. The highest BCUT2D eigenvalue weighted by atomic mass is 127. The van der Waals surface area contributed by atoms with Crippen molar-refractivity contribution < 1.29 is 44.6 Å². The fraction of sp³-hybridized carbons (Fsp3) is 0.846. The summed E-state index contributed by atoms with van der Waals surface area (Å²) in [5.74, 6) is -19.2. The van der Waals surface area contributed by atoms with Crippen molar-refractivity contribution in [3.63, 3.8) is 0 Å². The highest BCUT2D eigenvalue weighted by Gasteiger charge is 2.81. The molecule has 0 aliphatic rings. The van der Waals surface area contributed by atoms with Crippen LogP contribution in [0.15, 0.2) is 9.66 Å². The molecule has 0 rings (SSSR count). The van der Waals surface area contributed by atoms with Gasteiger partial charge in [0.05, 0.1) is 6.10 Å². The van der Waals surface area contributed by atoms with Gasteiger partial charge >= 0.3 is 23.9 Å². The zero-order valence-electron chi connectivity index (χ0n) is 12.4. The predicted molar refractivity (Wildman–Crippen MR) is 77.8 cm³/mol. The Hall–Kier alpha value is -0.200. The molecule has 0 aromatic carbocycles. The normalized spacial score (nSPS) is 16.4. The van der Waals surface area contributed by atoms with Gasteiger partial charge in [-0.1, -0.05) is 26.2 Å². The third-order valence-corrected chi connectivity index (χ3v) is 3.82. The summed E-state index contributed by atoms with van der Waals surface area (Å²) >= 11 is 1.09. The van der Waals surface area contributed by atoms with Crippen LogP contribution in [0.3, 0.4) is 0 Å². The molecular weight excluding hydrogens is 470 g/mol. The molecule has 144 valence electrons. The van der Waals surface area contributed by atoms with E-state index in [9.17, 15) is 44.6 Å². The number of halogens is 10. The third-order valence-electron chi connectivity index (χ3n) is 3.08. The van der Waals surface area contributed by atoms with E-state index in [0.29, 0.717) is 12.8 Å². The Kier molecular flexibility index (Phi) is 8.38. The number of hydrogen-bond acceptors (Lipinski definition) is 1. The summed E-state index contributed by atoms with van der Waals surface area (Å²) in [6.07, 6.45) is -7.26. The van der Waals surface area contributed by atoms with Crippen LogP contribution in [0.25, 0.3) is 0 Å². The topological polar surface area (TPSA) is 20.2 Å². The minimum atomic E-state index is -6.89. The quantitative estimate of drug-likeness (QED) is 0.237. The van der Waals surface area contributed by atoms with Crippen molar-refractivity contribution in [2.45, 2.75) is 69.1 Å². The molecule has 11 heteroatoms. The van der Waals surface area contributed by atoms with Crippen molar-refractivity contribution in [2.24, 2.45) is 0 Å². The van der Waals surface area contributed by atoms with Gasteiger partial charge < -0.3 is 5.11 Å². The van der Waals surface area contributed by atoms with E-state index in [1.165, 1.54) is 0 Å². The second-order valence-corrected chi connectivity index (χ2v) is 6.59. The largest absolute Gasteiger partial charge is 0.460 e. The van der Waals surface area contributed by atoms with Crippen molar-refractivity contribution in [3.05, 3.63) is 9.66 Å². The Morgan fingerprint density at radius 3 is 1.88 bits per heavy atom. The molecule has 1 unspecified atom stereocenters. The molecule has 0 saturated heterocycles.